The fraction of sp³-hybridized carbons (Fsp3) is 0.818. The second kappa shape index (κ2) is 4.31. The van der Waals surface area contributed by atoms with Gasteiger partial charge in [0, 0.05) is 6.04 Å². The van der Waals surface area contributed by atoms with Crippen molar-refractivity contribution in [2.75, 3.05) is 6.54 Å². The fourth-order valence-corrected chi connectivity index (χ4v) is 2.33. The van der Waals surface area contributed by atoms with Gasteiger partial charge in [0.05, 0.1) is 6.04 Å². The van der Waals surface area contributed by atoms with E-state index in [0.717, 1.165) is 18.2 Å². The van der Waals surface area contributed by atoms with Crippen LogP contribution in [0.1, 0.15) is 56.8 Å². The summed E-state index contributed by atoms with van der Waals surface area (Å²) in [5.41, 5.74) is 0. The third-order valence-corrected chi connectivity index (χ3v) is 3.03. The van der Waals surface area contributed by atoms with Crippen LogP contribution in [0, 0.1) is 6.92 Å². The van der Waals surface area contributed by atoms with Crippen molar-refractivity contribution in [1.82, 2.24) is 20.1 Å². The predicted molar refractivity (Wildman–Crippen MR) is 59.7 cm³/mol. The third kappa shape index (κ3) is 2.04. The van der Waals surface area contributed by atoms with Crippen molar-refractivity contribution in [3.05, 3.63) is 11.6 Å². The summed E-state index contributed by atoms with van der Waals surface area (Å²) in [5.74, 6) is 2.13. The molecule has 1 atom stereocenters. The Bertz CT molecular complexity index is 323. The number of nitrogens with zero attached hydrogens (tertiary/aromatic N) is 3. The lowest BCUT2D eigenvalue weighted by Crippen LogP contribution is -2.29. The summed E-state index contributed by atoms with van der Waals surface area (Å²) in [6.07, 6.45) is 3.76. The van der Waals surface area contributed by atoms with Gasteiger partial charge in [-0.1, -0.05) is 6.42 Å². The van der Waals surface area contributed by atoms with Crippen molar-refractivity contribution in [3.8, 4) is 0 Å². The van der Waals surface area contributed by atoms with Crippen LogP contribution < -0.4 is 5.32 Å². The lowest BCUT2D eigenvalue weighted by molar-refractivity contribution is 0.376. The van der Waals surface area contributed by atoms with Crippen molar-refractivity contribution in [2.24, 2.45) is 0 Å². The van der Waals surface area contributed by atoms with Crippen LogP contribution in [-0.4, -0.2) is 21.3 Å². The maximum absolute atomic E-state index is 4.31. The van der Waals surface area contributed by atoms with Gasteiger partial charge in [0.15, 0.2) is 0 Å². The monoisotopic (exact) mass is 208 g/mol. The first-order valence-corrected chi connectivity index (χ1v) is 5.85. The molecule has 15 heavy (non-hydrogen) atoms. The van der Waals surface area contributed by atoms with Crippen LogP contribution in [0.3, 0.4) is 0 Å². The van der Waals surface area contributed by atoms with Gasteiger partial charge < -0.3 is 9.88 Å². The van der Waals surface area contributed by atoms with Crippen molar-refractivity contribution < 1.29 is 0 Å². The minimum absolute atomic E-state index is 0.405. The smallest absolute Gasteiger partial charge is 0.150 e. The van der Waals surface area contributed by atoms with Crippen molar-refractivity contribution in [2.45, 2.75) is 52.1 Å². The largest absolute Gasteiger partial charge is 0.311 e. The Morgan fingerprint density at radius 1 is 1.33 bits per heavy atom. The number of hydrogen-bond donors (Lipinski definition) is 1. The van der Waals surface area contributed by atoms with Crippen LogP contribution in [0.5, 0.6) is 0 Å². The molecule has 4 nitrogen and oxygen atoms in total. The number of nitrogens with one attached hydrogen (secondary N) is 1. The van der Waals surface area contributed by atoms with Gasteiger partial charge in [-0.05, 0) is 40.2 Å². The molecule has 0 aliphatic carbocycles. The van der Waals surface area contributed by atoms with E-state index < -0.39 is 0 Å². The molecule has 0 radical (unpaired) electrons. The average Bonchev–Trinajstić information content (AvgIpc) is 2.61. The third-order valence-electron chi connectivity index (χ3n) is 3.03. The zero-order valence-corrected chi connectivity index (χ0v) is 9.82. The maximum Gasteiger partial charge on any atom is 0.150 e. The molecular formula is C11H20N4. The molecule has 2 heterocycles. The van der Waals surface area contributed by atoms with E-state index in [9.17, 15) is 0 Å². The molecule has 0 unspecified atom stereocenters. The van der Waals surface area contributed by atoms with Gasteiger partial charge in [-0.25, -0.2) is 0 Å². The Morgan fingerprint density at radius 3 is 2.73 bits per heavy atom. The summed E-state index contributed by atoms with van der Waals surface area (Å²) in [4.78, 5) is 0. The van der Waals surface area contributed by atoms with Crippen molar-refractivity contribution in [3.63, 3.8) is 0 Å². The van der Waals surface area contributed by atoms with Gasteiger partial charge in [0.1, 0.15) is 11.6 Å². The normalized spacial score (nSPS) is 22.3. The molecule has 1 aromatic heterocycles. The van der Waals surface area contributed by atoms with Crippen LogP contribution in [0.4, 0.5) is 0 Å². The highest BCUT2D eigenvalue weighted by atomic mass is 15.3. The Labute approximate surface area is 91.1 Å². The standard InChI is InChI=1S/C11H20N4/c1-8(2)15-9(3)13-14-11(15)10-6-4-5-7-12-10/h8,10,12H,4-7H2,1-3H3/t10-/m1/s1. The summed E-state index contributed by atoms with van der Waals surface area (Å²) in [5, 5.41) is 12.0. The molecule has 1 N–H and O–H groups in total. The van der Waals surface area contributed by atoms with Gasteiger partial charge in [0.2, 0.25) is 0 Å². The minimum Gasteiger partial charge on any atom is -0.311 e. The van der Waals surface area contributed by atoms with Crippen LogP contribution >= 0.6 is 0 Å². The molecule has 1 fully saturated rings. The molecule has 0 saturated carbocycles. The quantitative estimate of drug-likeness (QED) is 0.808. The second-order valence-electron chi connectivity index (χ2n) is 4.57. The van der Waals surface area contributed by atoms with Gasteiger partial charge >= 0.3 is 0 Å². The van der Waals surface area contributed by atoms with Crippen LogP contribution in [0.25, 0.3) is 0 Å². The molecule has 0 amide bonds. The SMILES string of the molecule is Cc1nnc([C@H]2CCCCN2)n1C(C)C. The van der Waals surface area contributed by atoms with Gasteiger partial charge in [-0.2, -0.15) is 0 Å². The molecular weight excluding hydrogens is 188 g/mol. The van der Waals surface area contributed by atoms with E-state index in [0.29, 0.717) is 12.1 Å². The van der Waals surface area contributed by atoms with Gasteiger partial charge in [-0.3, -0.25) is 0 Å². The van der Waals surface area contributed by atoms with E-state index >= 15 is 0 Å². The fourth-order valence-electron chi connectivity index (χ4n) is 2.33. The number of hydrogen-bond acceptors (Lipinski definition) is 3. The molecule has 1 aliphatic heterocycles. The highest BCUT2D eigenvalue weighted by molar-refractivity contribution is 5.02. The van der Waals surface area contributed by atoms with Gasteiger partial charge in [0.25, 0.3) is 0 Å². The molecule has 4 heteroatoms. The Morgan fingerprint density at radius 2 is 2.13 bits per heavy atom. The molecule has 84 valence electrons. The molecule has 0 spiro atoms. The van der Waals surface area contributed by atoms with E-state index in [1.807, 2.05) is 6.92 Å². The average molecular weight is 208 g/mol. The zero-order chi connectivity index (χ0) is 10.8. The summed E-state index contributed by atoms with van der Waals surface area (Å²) in [6, 6.07) is 0.848. The summed E-state index contributed by atoms with van der Waals surface area (Å²) in [6.45, 7) is 7.50. The van der Waals surface area contributed by atoms with E-state index in [1.54, 1.807) is 0 Å². The topological polar surface area (TPSA) is 42.7 Å². The zero-order valence-electron chi connectivity index (χ0n) is 9.82. The molecule has 1 aromatic rings. The highest BCUT2D eigenvalue weighted by Crippen LogP contribution is 2.24. The Kier molecular flexibility index (Phi) is 3.05. The number of aromatic nitrogens is 3. The summed E-state index contributed by atoms with van der Waals surface area (Å²) < 4.78 is 2.24. The van der Waals surface area contributed by atoms with Crippen LogP contribution in [0.15, 0.2) is 0 Å². The number of aryl methyl sites for hydroxylation is 1. The minimum atomic E-state index is 0.405. The second-order valence-corrected chi connectivity index (χ2v) is 4.57. The molecule has 2 rings (SSSR count). The Hall–Kier alpha value is -0.900. The number of rotatable bonds is 2. The first-order valence-electron chi connectivity index (χ1n) is 5.85. The first kappa shape index (κ1) is 10.6. The van der Waals surface area contributed by atoms with E-state index in [4.69, 9.17) is 0 Å². The molecule has 1 aliphatic rings. The Balaban J connectivity index is 2.26. The van der Waals surface area contributed by atoms with Crippen molar-refractivity contribution >= 4 is 0 Å². The van der Waals surface area contributed by atoms with Gasteiger partial charge in [-0.15, -0.1) is 10.2 Å². The molecule has 1 saturated heterocycles. The lowest BCUT2D eigenvalue weighted by Gasteiger charge is -2.24. The lowest BCUT2D eigenvalue weighted by atomic mass is 10.0. The predicted octanol–water partition coefficient (Wildman–Crippen LogP) is 1.98. The van der Waals surface area contributed by atoms with Crippen molar-refractivity contribution in [1.29, 1.82) is 0 Å². The highest BCUT2D eigenvalue weighted by Gasteiger charge is 2.22. The summed E-state index contributed by atoms with van der Waals surface area (Å²) >= 11 is 0. The molecule has 0 aromatic carbocycles. The van der Waals surface area contributed by atoms with E-state index in [2.05, 4.69) is 33.9 Å². The van der Waals surface area contributed by atoms with E-state index in [1.165, 1.54) is 19.3 Å². The first-order chi connectivity index (χ1) is 7.20. The van der Waals surface area contributed by atoms with Crippen LogP contribution in [-0.2, 0) is 0 Å². The van der Waals surface area contributed by atoms with Crippen LogP contribution in [0.2, 0.25) is 0 Å². The van der Waals surface area contributed by atoms with E-state index in [-0.39, 0.29) is 0 Å². The molecule has 0 bridgehead atoms. The maximum atomic E-state index is 4.31. The number of piperidine rings is 1. The summed E-state index contributed by atoms with van der Waals surface area (Å²) in [7, 11) is 0.